The first kappa shape index (κ1) is 19.9. The third kappa shape index (κ3) is 5.18. The summed E-state index contributed by atoms with van der Waals surface area (Å²) < 4.78 is 0. The van der Waals surface area contributed by atoms with Crippen LogP contribution in [-0.2, 0) is 9.63 Å². The second kappa shape index (κ2) is 8.11. The lowest BCUT2D eigenvalue weighted by atomic mass is 9.84. The molecule has 0 aromatic heterocycles. The fraction of sp³-hybridized carbons (Fsp3) is 0.882. The maximum absolute atomic E-state index is 11.3. The van der Waals surface area contributed by atoms with Crippen LogP contribution in [0.2, 0.25) is 0 Å². The largest absolute Gasteiger partial charge is 0.481 e. The molecule has 1 heterocycles. The zero-order valence-electron chi connectivity index (χ0n) is 15.3. The van der Waals surface area contributed by atoms with E-state index < -0.39 is 11.9 Å². The predicted molar refractivity (Wildman–Crippen MR) is 92.4 cm³/mol. The standard InChI is InChI=1S/C13H22N2O3.C4H11N/c1-4-7(5-2)11-10-9(14-3)6-8(13(16)17)12(10)18-15-11;1-4(2,3)5/h7-10,12,14H,4-6H2,1-3H3,(H,16,17);5H2,1-3H3/t8-,9+,10+,12+;/m0./s1. The number of carboxylic acid groups (broad SMARTS) is 1. The molecule has 6 nitrogen and oxygen atoms in total. The predicted octanol–water partition coefficient (Wildman–Crippen LogP) is 2.23. The number of nitrogens with one attached hydrogen (secondary N) is 1. The van der Waals surface area contributed by atoms with Crippen molar-refractivity contribution in [2.75, 3.05) is 7.05 Å². The molecule has 1 aliphatic heterocycles. The summed E-state index contributed by atoms with van der Waals surface area (Å²) >= 11 is 0. The normalized spacial score (nSPS) is 29.5. The topological polar surface area (TPSA) is 96.9 Å². The molecule has 1 saturated carbocycles. The van der Waals surface area contributed by atoms with E-state index in [9.17, 15) is 9.90 Å². The lowest BCUT2D eigenvalue weighted by Crippen LogP contribution is -2.38. The van der Waals surface area contributed by atoms with E-state index in [2.05, 4.69) is 24.3 Å². The third-order valence-electron chi connectivity index (χ3n) is 4.41. The Bertz CT molecular complexity index is 421. The van der Waals surface area contributed by atoms with Gasteiger partial charge in [0.25, 0.3) is 0 Å². The van der Waals surface area contributed by atoms with Gasteiger partial charge >= 0.3 is 5.97 Å². The van der Waals surface area contributed by atoms with Crippen molar-refractivity contribution in [3.8, 4) is 0 Å². The number of fused-ring (bicyclic) bond motifs is 1. The molecule has 0 spiro atoms. The average Bonchev–Trinajstić information content (AvgIpc) is 2.99. The van der Waals surface area contributed by atoms with Crippen molar-refractivity contribution in [3.05, 3.63) is 0 Å². The summed E-state index contributed by atoms with van der Waals surface area (Å²) in [5, 5.41) is 16.7. The Labute approximate surface area is 139 Å². The minimum absolute atomic E-state index is 0. The number of hydrogen-bond acceptors (Lipinski definition) is 5. The van der Waals surface area contributed by atoms with Crippen molar-refractivity contribution < 1.29 is 14.7 Å². The molecule has 6 heteroatoms. The SMILES string of the molecule is CC(C)(C)N.CCC(CC)C1=NO[C@H]2[C@@H]1[C@H](NC)C[C@@H]2C(=O)O. The second-order valence-corrected chi connectivity index (χ2v) is 7.57. The molecule has 0 saturated heterocycles. The Morgan fingerprint density at radius 3 is 2.35 bits per heavy atom. The van der Waals surface area contributed by atoms with Gasteiger partial charge in [0.2, 0.25) is 0 Å². The van der Waals surface area contributed by atoms with Crippen molar-refractivity contribution >= 4 is 11.7 Å². The number of rotatable bonds is 5. The lowest BCUT2D eigenvalue weighted by molar-refractivity contribution is -0.145. The number of nitrogens with zero attached hydrogens (tertiary/aromatic N) is 1. The summed E-state index contributed by atoms with van der Waals surface area (Å²) in [6.45, 7) is 10.2. The number of nitrogens with two attached hydrogens (primary N) is 1. The van der Waals surface area contributed by atoms with Gasteiger partial charge in [0.1, 0.15) is 0 Å². The molecule has 0 aromatic rings. The van der Waals surface area contributed by atoms with Crippen LogP contribution >= 0.6 is 0 Å². The minimum Gasteiger partial charge on any atom is -0.481 e. The molecule has 1 fully saturated rings. The summed E-state index contributed by atoms with van der Waals surface area (Å²) in [5.41, 5.74) is 6.42. The van der Waals surface area contributed by atoms with Gasteiger partial charge in [0.05, 0.1) is 17.5 Å². The molecule has 2 rings (SSSR count). The van der Waals surface area contributed by atoms with E-state index in [0.29, 0.717) is 12.3 Å². The van der Waals surface area contributed by atoms with Crippen LogP contribution in [0.3, 0.4) is 0 Å². The van der Waals surface area contributed by atoms with Gasteiger partial charge in [0.15, 0.2) is 6.10 Å². The van der Waals surface area contributed by atoms with E-state index in [-0.39, 0.29) is 23.6 Å². The molecule has 0 aromatic carbocycles. The quantitative estimate of drug-likeness (QED) is 0.719. The first-order chi connectivity index (χ1) is 10.6. The van der Waals surface area contributed by atoms with Crippen LogP contribution in [-0.4, -0.2) is 41.5 Å². The maximum Gasteiger partial charge on any atom is 0.310 e. The fourth-order valence-corrected chi connectivity index (χ4v) is 3.32. The van der Waals surface area contributed by atoms with Gasteiger partial charge in [-0.05, 0) is 47.1 Å². The highest BCUT2D eigenvalue weighted by atomic mass is 16.6. The Balaban J connectivity index is 0.000000463. The van der Waals surface area contributed by atoms with E-state index in [1.165, 1.54) is 0 Å². The highest BCUT2D eigenvalue weighted by molar-refractivity contribution is 5.92. The summed E-state index contributed by atoms with van der Waals surface area (Å²) in [5.74, 6) is -0.684. The molecule has 23 heavy (non-hydrogen) atoms. The van der Waals surface area contributed by atoms with Crippen LogP contribution in [0.25, 0.3) is 0 Å². The molecule has 134 valence electrons. The van der Waals surface area contributed by atoms with Crippen molar-refractivity contribution in [1.29, 1.82) is 0 Å². The van der Waals surface area contributed by atoms with E-state index >= 15 is 0 Å². The van der Waals surface area contributed by atoms with E-state index in [0.717, 1.165) is 18.6 Å². The van der Waals surface area contributed by atoms with Gasteiger partial charge in [0, 0.05) is 17.5 Å². The highest BCUT2D eigenvalue weighted by Crippen LogP contribution is 2.41. The van der Waals surface area contributed by atoms with Crippen LogP contribution < -0.4 is 11.1 Å². The van der Waals surface area contributed by atoms with Gasteiger partial charge in [-0.15, -0.1) is 0 Å². The highest BCUT2D eigenvalue weighted by Gasteiger charge is 2.54. The van der Waals surface area contributed by atoms with E-state index in [4.69, 9.17) is 10.6 Å². The van der Waals surface area contributed by atoms with Crippen LogP contribution in [0.4, 0.5) is 0 Å². The van der Waals surface area contributed by atoms with Crippen molar-refractivity contribution in [3.63, 3.8) is 0 Å². The Hall–Kier alpha value is -1.14. The number of hydrogen-bond donors (Lipinski definition) is 3. The Morgan fingerprint density at radius 2 is 1.96 bits per heavy atom. The summed E-state index contributed by atoms with van der Waals surface area (Å²) in [6.07, 6.45) is 2.39. The molecular formula is C17H33N3O3. The number of oxime groups is 1. The molecule has 0 radical (unpaired) electrons. The molecular weight excluding hydrogens is 294 g/mol. The number of aliphatic carboxylic acids is 1. The number of carbonyl (C=O) groups is 1. The average molecular weight is 327 g/mol. The van der Waals surface area contributed by atoms with Crippen LogP contribution in [0.15, 0.2) is 5.16 Å². The van der Waals surface area contributed by atoms with E-state index in [1.54, 1.807) is 0 Å². The molecule has 0 amide bonds. The van der Waals surface area contributed by atoms with Gasteiger partial charge in [-0.25, -0.2) is 0 Å². The fourth-order valence-electron chi connectivity index (χ4n) is 3.32. The molecule has 4 N–H and O–H groups in total. The third-order valence-corrected chi connectivity index (χ3v) is 4.41. The first-order valence-electron chi connectivity index (χ1n) is 8.56. The number of carboxylic acids is 1. The summed E-state index contributed by atoms with van der Waals surface area (Å²) in [7, 11) is 1.88. The van der Waals surface area contributed by atoms with E-state index in [1.807, 2.05) is 27.8 Å². The van der Waals surface area contributed by atoms with Gasteiger partial charge in [-0.1, -0.05) is 19.0 Å². The van der Waals surface area contributed by atoms with Crippen molar-refractivity contribution in [1.82, 2.24) is 5.32 Å². The van der Waals surface area contributed by atoms with Crippen molar-refractivity contribution in [2.45, 2.75) is 71.6 Å². The summed E-state index contributed by atoms with van der Waals surface area (Å²) in [6, 6.07) is 0.165. The smallest absolute Gasteiger partial charge is 0.310 e. The molecule has 0 bridgehead atoms. The van der Waals surface area contributed by atoms with Crippen LogP contribution in [0.1, 0.15) is 53.9 Å². The second-order valence-electron chi connectivity index (χ2n) is 7.57. The van der Waals surface area contributed by atoms with Crippen LogP contribution in [0.5, 0.6) is 0 Å². The zero-order chi connectivity index (χ0) is 17.8. The molecule has 2 aliphatic rings. The molecule has 0 unspecified atom stereocenters. The lowest BCUT2D eigenvalue weighted by Gasteiger charge is -2.22. The van der Waals surface area contributed by atoms with Gasteiger partial charge in [-0.2, -0.15) is 0 Å². The summed E-state index contributed by atoms with van der Waals surface area (Å²) in [4.78, 5) is 16.7. The van der Waals surface area contributed by atoms with Crippen LogP contribution in [0, 0.1) is 17.8 Å². The molecule has 1 aliphatic carbocycles. The molecule has 4 atom stereocenters. The maximum atomic E-state index is 11.3. The Kier molecular flexibility index (Phi) is 7.02. The van der Waals surface area contributed by atoms with Gasteiger partial charge in [-0.3, -0.25) is 4.79 Å². The minimum atomic E-state index is -0.774. The monoisotopic (exact) mass is 327 g/mol. The van der Waals surface area contributed by atoms with Crippen molar-refractivity contribution in [2.24, 2.45) is 28.6 Å². The van der Waals surface area contributed by atoms with Gasteiger partial charge < -0.3 is 21.0 Å². The Morgan fingerprint density at radius 1 is 1.43 bits per heavy atom. The first-order valence-corrected chi connectivity index (χ1v) is 8.56. The zero-order valence-corrected chi connectivity index (χ0v) is 15.3.